The number of hydrogen-bond acceptors (Lipinski definition) is 4. The monoisotopic (exact) mass is 547 g/mol. The molecule has 9 heteroatoms. The van der Waals surface area contributed by atoms with Crippen molar-refractivity contribution >= 4 is 28.9 Å². The molecule has 4 aromatic carbocycles. The van der Waals surface area contributed by atoms with Crippen LogP contribution in [0, 0.1) is 0 Å². The summed E-state index contributed by atoms with van der Waals surface area (Å²) in [4.78, 5) is 25.1. The van der Waals surface area contributed by atoms with E-state index in [1.165, 1.54) is 29.8 Å². The number of carbonyl (C=O) groups is 2. The summed E-state index contributed by atoms with van der Waals surface area (Å²) in [5.74, 6) is -0.253. The fourth-order valence-electron chi connectivity index (χ4n) is 3.91. The van der Waals surface area contributed by atoms with Crippen LogP contribution in [0.4, 0.5) is 30.2 Å². The van der Waals surface area contributed by atoms with Gasteiger partial charge in [-0.25, -0.2) is 0 Å². The summed E-state index contributed by atoms with van der Waals surface area (Å²) in [6, 6.07) is 28.0. The van der Waals surface area contributed by atoms with Gasteiger partial charge in [-0.2, -0.15) is 13.2 Å². The van der Waals surface area contributed by atoms with Crippen molar-refractivity contribution in [1.82, 2.24) is 0 Å². The minimum Gasteiger partial charge on any atom is -0.494 e. The molecule has 4 rings (SSSR count). The first-order chi connectivity index (χ1) is 19.3. The van der Waals surface area contributed by atoms with Crippen molar-refractivity contribution in [3.63, 3.8) is 0 Å². The summed E-state index contributed by atoms with van der Waals surface area (Å²) in [6.45, 7) is 0.536. The molecule has 6 nitrogen and oxygen atoms in total. The fraction of sp³-hybridized carbons (Fsp3) is 0.161. The van der Waals surface area contributed by atoms with Crippen molar-refractivity contribution in [3.05, 3.63) is 120 Å². The van der Waals surface area contributed by atoms with Gasteiger partial charge >= 0.3 is 6.18 Å². The highest BCUT2D eigenvalue weighted by atomic mass is 19.4. The Labute approximate surface area is 230 Å². The van der Waals surface area contributed by atoms with Crippen LogP contribution in [-0.2, 0) is 17.4 Å². The smallest absolute Gasteiger partial charge is 0.416 e. The van der Waals surface area contributed by atoms with Crippen molar-refractivity contribution in [1.29, 1.82) is 0 Å². The summed E-state index contributed by atoms with van der Waals surface area (Å²) in [5.41, 5.74) is 1.68. The van der Waals surface area contributed by atoms with Crippen LogP contribution in [0.1, 0.15) is 27.9 Å². The van der Waals surface area contributed by atoms with Crippen LogP contribution in [-0.4, -0.2) is 25.0 Å². The Balaban J connectivity index is 1.25. The first kappa shape index (κ1) is 28.2. The molecule has 40 heavy (non-hydrogen) atoms. The maximum Gasteiger partial charge on any atom is 0.416 e. The number of ether oxygens (including phenoxy) is 1. The Bertz CT molecular complexity index is 1440. The molecule has 0 fully saturated rings. The van der Waals surface area contributed by atoms with Gasteiger partial charge in [-0.05, 0) is 66.9 Å². The first-order valence-electron chi connectivity index (χ1n) is 12.7. The number of amides is 2. The lowest BCUT2D eigenvalue weighted by Gasteiger charge is -2.12. The Hall–Kier alpha value is -4.79. The van der Waals surface area contributed by atoms with Crippen molar-refractivity contribution in [2.24, 2.45) is 0 Å². The zero-order valence-electron chi connectivity index (χ0n) is 21.5. The lowest BCUT2D eigenvalue weighted by atomic mass is 10.1. The number of rotatable bonds is 11. The molecular formula is C31H28F3N3O3. The SMILES string of the molecule is O=C(CNc1cccc(OCCCc2ccccc2)c1)Nc1cccc(C(=O)Nc2cccc(C(F)(F)F)c2)c1. The number of anilines is 3. The van der Waals surface area contributed by atoms with Gasteiger partial charge in [0.25, 0.3) is 5.91 Å². The molecule has 2 amide bonds. The van der Waals surface area contributed by atoms with E-state index in [1.807, 2.05) is 42.5 Å². The van der Waals surface area contributed by atoms with E-state index in [0.717, 1.165) is 25.0 Å². The third kappa shape index (κ3) is 8.62. The van der Waals surface area contributed by atoms with E-state index in [2.05, 4.69) is 28.1 Å². The maximum atomic E-state index is 12.9. The van der Waals surface area contributed by atoms with Gasteiger partial charge in [0, 0.05) is 28.7 Å². The molecule has 0 heterocycles. The lowest BCUT2D eigenvalue weighted by Crippen LogP contribution is -2.22. The summed E-state index contributed by atoms with van der Waals surface area (Å²) in [6.07, 6.45) is -2.72. The zero-order chi connectivity index (χ0) is 28.4. The highest BCUT2D eigenvalue weighted by molar-refractivity contribution is 6.05. The maximum absolute atomic E-state index is 12.9. The van der Waals surface area contributed by atoms with E-state index < -0.39 is 17.6 Å². The van der Waals surface area contributed by atoms with E-state index in [4.69, 9.17) is 4.74 Å². The molecule has 3 N–H and O–H groups in total. The van der Waals surface area contributed by atoms with E-state index in [9.17, 15) is 22.8 Å². The molecule has 0 spiro atoms. The lowest BCUT2D eigenvalue weighted by molar-refractivity contribution is -0.137. The van der Waals surface area contributed by atoms with Crippen LogP contribution in [0.15, 0.2) is 103 Å². The molecule has 0 atom stereocenters. The van der Waals surface area contributed by atoms with Crippen LogP contribution in [0.5, 0.6) is 5.75 Å². The van der Waals surface area contributed by atoms with Gasteiger partial charge in [-0.15, -0.1) is 0 Å². The Morgan fingerprint density at radius 2 is 1.43 bits per heavy atom. The second kappa shape index (κ2) is 13.3. The third-order valence-electron chi connectivity index (χ3n) is 5.86. The van der Waals surface area contributed by atoms with E-state index in [1.54, 1.807) is 12.1 Å². The van der Waals surface area contributed by atoms with Gasteiger partial charge in [-0.3, -0.25) is 9.59 Å². The predicted molar refractivity (Wildman–Crippen MR) is 150 cm³/mol. The molecule has 0 aromatic heterocycles. The third-order valence-corrected chi connectivity index (χ3v) is 5.86. The van der Waals surface area contributed by atoms with Crippen molar-refractivity contribution in [3.8, 4) is 5.75 Å². The van der Waals surface area contributed by atoms with Gasteiger partial charge in [-0.1, -0.05) is 48.5 Å². The first-order valence-corrected chi connectivity index (χ1v) is 12.7. The standard InChI is InChI=1S/C31H28F3N3O3/c32-31(33,34)24-12-5-15-27(19-24)37-30(39)23-11-4-14-26(18-23)36-29(38)21-35-25-13-6-16-28(20-25)40-17-7-10-22-8-2-1-3-9-22/h1-6,8-9,11-16,18-20,35H,7,10,17,21H2,(H,36,38)(H,37,39). The van der Waals surface area contributed by atoms with Gasteiger partial charge in [0.1, 0.15) is 5.75 Å². The predicted octanol–water partition coefficient (Wildman–Crippen LogP) is 7.02. The number of benzene rings is 4. The van der Waals surface area contributed by atoms with Crippen LogP contribution in [0.25, 0.3) is 0 Å². The highest BCUT2D eigenvalue weighted by Gasteiger charge is 2.30. The van der Waals surface area contributed by atoms with Crippen LogP contribution in [0.2, 0.25) is 0 Å². The van der Waals surface area contributed by atoms with Crippen molar-refractivity contribution < 1.29 is 27.5 Å². The fourth-order valence-corrected chi connectivity index (χ4v) is 3.91. The number of aryl methyl sites for hydroxylation is 1. The zero-order valence-corrected chi connectivity index (χ0v) is 21.5. The molecule has 0 aliphatic rings. The number of alkyl halides is 3. The Kier molecular flexibility index (Phi) is 9.40. The van der Waals surface area contributed by atoms with Crippen LogP contribution in [0.3, 0.4) is 0 Å². The van der Waals surface area contributed by atoms with Gasteiger partial charge in [0.15, 0.2) is 0 Å². The summed E-state index contributed by atoms with van der Waals surface area (Å²) >= 11 is 0. The minimum absolute atomic E-state index is 0.0147. The molecule has 0 unspecified atom stereocenters. The number of nitrogens with one attached hydrogen (secondary N) is 3. The van der Waals surface area contributed by atoms with Crippen molar-refractivity contribution in [2.45, 2.75) is 19.0 Å². The molecular weight excluding hydrogens is 519 g/mol. The molecule has 0 saturated heterocycles. The summed E-state index contributed by atoms with van der Waals surface area (Å²) in [5, 5.41) is 8.21. The Morgan fingerprint density at radius 1 is 0.725 bits per heavy atom. The van der Waals surface area contributed by atoms with E-state index >= 15 is 0 Å². The normalized spacial score (nSPS) is 11.0. The van der Waals surface area contributed by atoms with Gasteiger partial charge in [0.2, 0.25) is 5.91 Å². The second-order valence-electron chi connectivity index (χ2n) is 8.98. The topological polar surface area (TPSA) is 79.5 Å². The molecule has 0 aliphatic heterocycles. The molecule has 0 bridgehead atoms. The Morgan fingerprint density at radius 3 is 2.20 bits per heavy atom. The quantitative estimate of drug-likeness (QED) is 0.176. The number of hydrogen-bond donors (Lipinski definition) is 3. The van der Waals surface area contributed by atoms with Crippen LogP contribution >= 0.6 is 0 Å². The molecule has 0 radical (unpaired) electrons. The molecule has 0 aliphatic carbocycles. The largest absolute Gasteiger partial charge is 0.494 e. The number of halogens is 3. The molecule has 206 valence electrons. The van der Waals surface area contributed by atoms with Gasteiger partial charge < -0.3 is 20.7 Å². The van der Waals surface area contributed by atoms with E-state index in [0.29, 0.717) is 23.7 Å². The average Bonchev–Trinajstić information content (AvgIpc) is 2.95. The molecule has 0 saturated carbocycles. The van der Waals surface area contributed by atoms with Crippen molar-refractivity contribution in [2.75, 3.05) is 29.1 Å². The summed E-state index contributed by atoms with van der Waals surface area (Å²) in [7, 11) is 0. The van der Waals surface area contributed by atoms with Gasteiger partial charge in [0.05, 0.1) is 18.7 Å². The molecule has 4 aromatic rings. The number of carbonyl (C=O) groups excluding carboxylic acids is 2. The van der Waals surface area contributed by atoms with E-state index in [-0.39, 0.29) is 23.7 Å². The summed E-state index contributed by atoms with van der Waals surface area (Å²) < 4.78 is 44.7. The second-order valence-corrected chi connectivity index (χ2v) is 8.98. The average molecular weight is 548 g/mol. The minimum atomic E-state index is -4.52. The highest BCUT2D eigenvalue weighted by Crippen LogP contribution is 2.30. The van der Waals surface area contributed by atoms with Crippen LogP contribution < -0.4 is 20.7 Å².